The van der Waals surface area contributed by atoms with Gasteiger partial charge in [0.1, 0.15) is 12.2 Å². The van der Waals surface area contributed by atoms with Gasteiger partial charge in [0, 0.05) is 11.3 Å². The SMILES string of the molecule is COC(=O)CC(=O)C[C@]1(O)CCC[C@@H]1N=[N+]=[N-]. The maximum Gasteiger partial charge on any atom is 0.313 e. The van der Waals surface area contributed by atoms with Crippen LogP contribution in [0.1, 0.15) is 32.1 Å². The molecule has 0 radical (unpaired) electrons. The van der Waals surface area contributed by atoms with Gasteiger partial charge < -0.3 is 9.84 Å². The molecule has 0 aromatic rings. The highest BCUT2D eigenvalue weighted by Crippen LogP contribution is 2.35. The Morgan fingerprint density at radius 1 is 1.65 bits per heavy atom. The van der Waals surface area contributed by atoms with E-state index in [-0.39, 0.29) is 12.8 Å². The van der Waals surface area contributed by atoms with Crippen LogP contribution in [0, 0.1) is 0 Å². The molecule has 1 N–H and O–H groups in total. The molecule has 94 valence electrons. The topological polar surface area (TPSA) is 112 Å². The summed E-state index contributed by atoms with van der Waals surface area (Å²) >= 11 is 0. The van der Waals surface area contributed by atoms with Crippen molar-refractivity contribution in [3.05, 3.63) is 10.4 Å². The summed E-state index contributed by atoms with van der Waals surface area (Å²) in [6, 6.07) is -0.589. The molecule has 0 amide bonds. The van der Waals surface area contributed by atoms with Crippen molar-refractivity contribution in [2.45, 2.75) is 43.7 Å². The normalized spacial score (nSPS) is 27.3. The average molecular weight is 241 g/mol. The summed E-state index contributed by atoms with van der Waals surface area (Å²) in [5.74, 6) is -1.03. The molecule has 1 rings (SSSR count). The first kappa shape index (κ1) is 13.5. The Hall–Kier alpha value is -1.59. The highest BCUT2D eigenvalue weighted by Gasteiger charge is 2.42. The van der Waals surface area contributed by atoms with Gasteiger partial charge in [-0.3, -0.25) is 9.59 Å². The lowest BCUT2D eigenvalue weighted by atomic mass is 9.91. The minimum atomic E-state index is -1.31. The average Bonchev–Trinajstić information content (AvgIpc) is 2.60. The number of ketones is 1. The van der Waals surface area contributed by atoms with Crippen LogP contribution < -0.4 is 0 Å². The number of hydrogen-bond acceptors (Lipinski definition) is 5. The number of methoxy groups -OCH3 is 1. The van der Waals surface area contributed by atoms with Crippen molar-refractivity contribution in [2.24, 2.45) is 5.11 Å². The Bertz CT molecular complexity index is 365. The number of Topliss-reactive ketones (excluding diaryl/α,β-unsaturated/α-hetero) is 1. The van der Waals surface area contributed by atoms with Gasteiger partial charge in [-0.25, -0.2) is 0 Å². The van der Waals surface area contributed by atoms with Crippen LogP contribution in [0.25, 0.3) is 10.4 Å². The van der Waals surface area contributed by atoms with Gasteiger partial charge in [-0.1, -0.05) is 11.5 Å². The second kappa shape index (κ2) is 5.65. The van der Waals surface area contributed by atoms with Gasteiger partial charge in [0.2, 0.25) is 0 Å². The van der Waals surface area contributed by atoms with Crippen LogP contribution in [0.15, 0.2) is 5.11 Å². The van der Waals surface area contributed by atoms with E-state index in [4.69, 9.17) is 5.53 Å². The lowest BCUT2D eigenvalue weighted by molar-refractivity contribution is -0.144. The van der Waals surface area contributed by atoms with E-state index in [1.165, 1.54) is 7.11 Å². The zero-order valence-corrected chi connectivity index (χ0v) is 9.63. The molecule has 1 saturated carbocycles. The molecule has 0 aromatic heterocycles. The van der Waals surface area contributed by atoms with E-state index < -0.39 is 23.4 Å². The van der Waals surface area contributed by atoms with Crippen LogP contribution >= 0.6 is 0 Å². The molecule has 0 bridgehead atoms. The fraction of sp³-hybridized carbons (Fsp3) is 0.800. The Balaban J connectivity index is 2.62. The lowest BCUT2D eigenvalue weighted by Gasteiger charge is -2.26. The number of carbonyl (C=O) groups is 2. The molecule has 0 spiro atoms. The Morgan fingerprint density at radius 2 is 2.35 bits per heavy atom. The smallest absolute Gasteiger partial charge is 0.313 e. The first-order chi connectivity index (χ1) is 8.01. The maximum absolute atomic E-state index is 11.5. The highest BCUT2D eigenvalue weighted by molar-refractivity contribution is 5.96. The van der Waals surface area contributed by atoms with E-state index in [0.29, 0.717) is 19.3 Å². The van der Waals surface area contributed by atoms with Gasteiger partial charge in [0.25, 0.3) is 0 Å². The molecule has 1 fully saturated rings. The molecule has 0 aromatic carbocycles. The van der Waals surface area contributed by atoms with Crippen molar-refractivity contribution in [1.29, 1.82) is 0 Å². The Morgan fingerprint density at radius 3 is 2.94 bits per heavy atom. The molecule has 0 unspecified atom stereocenters. The second-order valence-corrected chi connectivity index (χ2v) is 4.18. The molecule has 2 atom stereocenters. The number of rotatable bonds is 5. The van der Waals surface area contributed by atoms with Crippen LogP contribution in [0.2, 0.25) is 0 Å². The summed E-state index contributed by atoms with van der Waals surface area (Å²) in [5, 5.41) is 13.7. The van der Waals surface area contributed by atoms with E-state index >= 15 is 0 Å². The van der Waals surface area contributed by atoms with Crippen LogP contribution in [0.4, 0.5) is 0 Å². The Labute approximate surface area is 98.4 Å². The number of nitrogens with zero attached hydrogens (tertiary/aromatic N) is 3. The van der Waals surface area contributed by atoms with Crippen LogP contribution in [-0.4, -0.2) is 35.6 Å². The minimum absolute atomic E-state index is 0.175. The Kier molecular flexibility index (Phi) is 4.48. The zero-order chi connectivity index (χ0) is 12.9. The molecule has 0 saturated heterocycles. The summed E-state index contributed by atoms with van der Waals surface area (Å²) in [7, 11) is 1.20. The van der Waals surface area contributed by atoms with Crippen molar-refractivity contribution in [3.63, 3.8) is 0 Å². The van der Waals surface area contributed by atoms with Crippen LogP contribution in [-0.2, 0) is 14.3 Å². The van der Waals surface area contributed by atoms with Crippen LogP contribution in [0.3, 0.4) is 0 Å². The summed E-state index contributed by atoms with van der Waals surface area (Å²) in [5.41, 5.74) is 7.06. The quantitative estimate of drug-likeness (QED) is 0.255. The third kappa shape index (κ3) is 3.44. The standard InChI is InChI=1S/C10H15N3O4/c1-17-9(15)5-7(14)6-10(16)4-2-3-8(10)12-13-11/h8,16H,2-6H2,1H3/t8-,10+/m0/s1. The van der Waals surface area contributed by atoms with Crippen molar-refractivity contribution in [2.75, 3.05) is 7.11 Å². The van der Waals surface area contributed by atoms with Gasteiger partial charge in [0.05, 0.1) is 18.8 Å². The van der Waals surface area contributed by atoms with Crippen molar-refractivity contribution in [1.82, 2.24) is 0 Å². The second-order valence-electron chi connectivity index (χ2n) is 4.18. The third-order valence-electron chi connectivity index (χ3n) is 2.97. The van der Waals surface area contributed by atoms with Gasteiger partial charge in [-0.15, -0.1) is 0 Å². The first-order valence-electron chi connectivity index (χ1n) is 5.37. The molecule has 17 heavy (non-hydrogen) atoms. The maximum atomic E-state index is 11.5. The monoisotopic (exact) mass is 241 g/mol. The number of esters is 1. The number of aliphatic hydroxyl groups is 1. The van der Waals surface area contributed by atoms with E-state index in [9.17, 15) is 14.7 Å². The van der Waals surface area contributed by atoms with Crippen molar-refractivity contribution < 1.29 is 19.4 Å². The number of azide groups is 1. The lowest BCUT2D eigenvalue weighted by Crippen LogP contribution is -2.38. The number of hydrogen-bond donors (Lipinski definition) is 1. The fourth-order valence-corrected chi connectivity index (χ4v) is 2.11. The molecule has 0 heterocycles. The third-order valence-corrected chi connectivity index (χ3v) is 2.97. The van der Waals surface area contributed by atoms with E-state index in [1.54, 1.807) is 0 Å². The molecular formula is C10H15N3O4. The first-order valence-corrected chi connectivity index (χ1v) is 5.37. The van der Waals surface area contributed by atoms with Gasteiger partial charge >= 0.3 is 5.97 Å². The number of ether oxygens (including phenoxy) is 1. The summed E-state index contributed by atoms with van der Waals surface area (Å²) < 4.78 is 4.37. The molecule has 0 aliphatic heterocycles. The van der Waals surface area contributed by atoms with Gasteiger partial charge in [-0.2, -0.15) is 0 Å². The van der Waals surface area contributed by atoms with Crippen LogP contribution in [0.5, 0.6) is 0 Å². The molecule has 1 aliphatic carbocycles. The predicted octanol–water partition coefficient (Wildman–Crippen LogP) is 1.10. The molecule has 1 aliphatic rings. The summed E-state index contributed by atoms with van der Waals surface area (Å²) in [6.45, 7) is 0. The zero-order valence-electron chi connectivity index (χ0n) is 9.63. The molecule has 7 nitrogen and oxygen atoms in total. The van der Waals surface area contributed by atoms with E-state index in [0.717, 1.165) is 0 Å². The van der Waals surface area contributed by atoms with E-state index in [1.807, 2.05) is 0 Å². The highest BCUT2D eigenvalue weighted by atomic mass is 16.5. The fourth-order valence-electron chi connectivity index (χ4n) is 2.11. The largest absolute Gasteiger partial charge is 0.469 e. The number of carbonyl (C=O) groups excluding carboxylic acids is 2. The van der Waals surface area contributed by atoms with Crippen molar-refractivity contribution >= 4 is 11.8 Å². The molecule has 7 heteroatoms. The summed E-state index contributed by atoms with van der Waals surface area (Å²) in [6.07, 6.45) is 1.13. The minimum Gasteiger partial charge on any atom is -0.469 e. The molecular weight excluding hydrogens is 226 g/mol. The van der Waals surface area contributed by atoms with Gasteiger partial charge in [0.15, 0.2) is 0 Å². The summed E-state index contributed by atoms with van der Waals surface area (Å²) in [4.78, 5) is 25.1. The predicted molar refractivity (Wildman–Crippen MR) is 58.0 cm³/mol. The van der Waals surface area contributed by atoms with Gasteiger partial charge in [-0.05, 0) is 18.4 Å². The van der Waals surface area contributed by atoms with Crippen molar-refractivity contribution in [3.8, 4) is 0 Å². The van der Waals surface area contributed by atoms with E-state index in [2.05, 4.69) is 14.8 Å².